The molecule has 0 radical (unpaired) electrons. The first-order valence-corrected chi connectivity index (χ1v) is 34.4. The Balaban J connectivity index is 0.000000204. The number of aliphatic carboxylic acids is 4. The van der Waals surface area contributed by atoms with Gasteiger partial charge in [0.05, 0.1) is 23.7 Å². The van der Waals surface area contributed by atoms with Crippen molar-refractivity contribution in [2.45, 2.75) is 78.6 Å². The van der Waals surface area contributed by atoms with Crippen molar-refractivity contribution in [2.24, 2.45) is 5.92 Å². The van der Waals surface area contributed by atoms with Crippen LogP contribution in [0.1, 0.15) is 131 Å². The molecule has 20 nitrogen and oxygen atoms in total. The number of H-pyrrole nitrogens is 1. The number of para-hydroxylation sites is 3. The molecule has 0 bridgehead atoms. The van der Waals surface area contributed by atoms with Crippen LogP contribution in [0.15, 0.2) is 249 Å². The molecule has 24 heteroatoms. The molecule has 0 aliphatic carbocycles. The van der Waals surface area contributed by atoms with Crippen LogP contribution >= 0.6 is 11.6 Å². The molecule has 0 fully saturated rings. The van der Waals surface area contributed by atoms with Gasteiger partial charge in [-0.2, -0.15) is 0 Å². The summed E-state index contributed by atoms with van der Waals surface area (Å²) in [6, 6.07) is 68.0. The van der Waals surface area contributed by atoms with Crippen molar-refractivity contribution in [3.8, 4) is 51.0 Å². The molecule has 0 saturated heterocycles. The van der Waals surface area contributed by atoms with E-state index < -0.39 is 94.6 Å². The number of rotatable bonds is 18. The summed E-state index contributed by atoms with van der Waals surface area (Å²) in [5.74, 6) is -10.1. The molecule has 12 aromatic rings. The highest BCUT2D eigenvalue weighted by Gasteiger charge is 2.20. The van der Waals surface area contributed by atoms with Crippen molar-refractivity contribution in [3.05, 3.63) is 316 Å². The standard InChI is InChI=1S/C15H12ClNO2.C15H13FO2.C15H14O3.C13H8F2O3.C13H18O2.C9H8O4.C7H6O3/c1-8(15(18)19)9-2-4-11-12-7-10(16)3-5-13(12)17-14(11)6-9;1-10(15(17)18)12-7-8-13(14(16)9-12)11-5-3-2-4-6-11;1-11(15(16)17)12-6-5-9-14(10-12)18-13-7-3-2-4-8-13;14-8-2-3-9(11(15)6-8)7-1-4-12(16)10(5-7)13(17)18;1-9(2)8-11-4-6-12(7-5-11)10(3)13(14)15;1-6(10)13-8-5-3-2-4-7(8)9(11)12;8-6-4-2-1-3-5(6)7(9)10/h2-8,17H,1H3,(H,18,19);2-10H,1H3,(H,17,18);2-11H,1H3,(H,16,17);1-6,16H,(H,17,18);4-7,9-10H,8H2,1-3H3,(H,14,15);2-5H,1H3,(H,11,12);1-4,8H,(H,9,10). The molecule has 1 heterocycles. The van der Waals surface area contributed by atoms with Gasteiger partial charge in [-0.15, -0.1) is 0 Å². The van der Waals surface area contributed by atoms with E-state index in [0.717, 1.165) is 74.4 Å². The lowest BCUT2D eigenvalue weighted by Gasteiger charge is -2.10. The molecule has 0 aliphatic heterocycles. The fourth-order valence-electron chi connectivity index (χ4n) is 10.4. The lowest BCUT2D eigenvalue weighted by atomic mass is 9.97. The zero-order valence-corrected chi connectivity index (χ0v) is 61.6. The molecule has 0 aliphatic rings. The number of hydrogen-bond donors (Lipinski definition) is 10. The SMILES string of the molecule is CC(=O)Oc1ccccc1C(=O)O.CC(C(=O)O)c1ccc(-c2ccccc2)c(F)c1.CC(C(=O)O)c1ccc2c(c1)[nH]c1ccc(Cl)cc12.CC(C(=O)O)c1cccc(Oc2ccccc2)c1.CC(C)Cc1ccc(C(C)C(=O)O)cc1.O=C(O)c1cc(-c2ccc(F)cc2F)ccc1O.O=C(O)c1ccccc1O. The van der Waals surface area contributed by atoms with Crippen LogP contribution in [-0.4, -0.2) is 98.7 Å². The highest BCUT2D eigenvalue weighted by Crippen LogP contribution is 2.33. The number of benzene rings is 11. The lowest BCUT2D eigenvalue weighted by Crippen LogP contribution is -2.07. The van der Waals surface area contributed by atoms with Crippen LogP contribution < -0.4 is 9.47 Å². The van der Waals surface area contributed by atoms with Crippen molar-refractivity contribution in [1.82, 2.24) is 4.98 Å². The molecular weight excluding hydrogens is 1460 g/mol. The highest BCUT2D eigenvalue weighted by atomic mass is 35.5. The molecule has 4 unspecified atom stereocenters. The van der Waals surface area contributed by atoms with Gasteiger partial charge in [-0.3, -0.25) is 24.0 Å². The van der Waals surface area contributed by atoms with E-state index in [2.05, 4.69) is 23.6 Å². The number of aromatic nitrogens is 1. The van der Waals surface area contributed by atoms with Crippen LogP contribution in [0.25, 0.3) is 44.1 Å². The van der Waals surface area contributed by atoms with E-state index in [1.807, 2.05) is 127 Å². The normalized spacial score (nSPS) is 11.4. The van der Waals surface area contributed by atoms with E-state index in [0.29, 0.717) is 33.9 Å². The minimum Gasteiger partial charge on any atom is -0.507 e. The number of carboxylic acids is 7. The summed E-state index contributed by atoms with van der Waals surface area (Å²) in [5.41, 5.74) is 7.23. The maximum atomic E-state index is 14.0. The van der Waals surface area contributed by atoms with Crippen molar-refractivity contribution in [1.29, 1.82) is 0 Å². The average Bonchev–Trinajstić information content (AvgIpc) is 1.65. The predicted octanol–water partition coefficient (Wildman–Crippen LogP) is 20.0. The third-order valence-corrected chi connectivity index (χ3v) is 16.8. The third-order valence-electron chi connectivity index (χ3n) is 16.6. The Morgan fingerprint density at radius 2 is 0.874 bits per heavy atom. The largest absolute Gasteiger partial charge is 0.507 e. The van der Waals surface area contributed by atoms with Crippen LogP contribution in [0.2, 0.25) is 5.02 Å². The predicted molar refractivity (Wildman–Crippen MR) is 415 cm³/mol. The van der Waals surface area contributed by atoms with E-state index in [9.17, 15) is 56.6 Å². The van der Waals surface area contributed by atoms with Gasteiger partial charge in [0.1, 0.15) is 62.9 Å². The molecule has 0 amide bonds. The minimum absolute atomic E-state index is 0.0160. The second-order valence-electron chi connectivity index (χ2n) is 25.2. The Morgan fingerprint density at radius 3 is 1.41 bits per heavy atom. The van der Waals surface area contributed by atoms with Gasteiger partial charge >= 0.3 is 47.8 Å². The van der Waals surface area contributed by atoms with E-state index >= 15 is 0 Å². The van der Waals surface area contributed by atoms with Gasteiger partial charge in [0.25, 0.3) is 0 Å². The molecule has 111 heavy (non-hydrogen) atoms. The number of aromatic carboxylic acids is 3. The van der Waals surface area contributed by atoms with Crippen LogP contribution in [0, 0.1) is 23.4 Å². The Hall–Kier alpha value is -13.5. The number of carbonyl (C=O) groups is 8. The number of nitrogens with one attached hydrogen (secondary N) is 1. The Bertz CT molecular complexity index is 5230. The first-order valence-electron chi connectivity index (χ1n) is 34.1. The number of aromatic hydroxyl groups is 2. The number of phenols is 2. The van der Waals surface area contributed by atoms with Crippen molar-refractivity contribution >= 4 is 81.2 Å². The monoisotopic (exact) mass is 1530 g/mol. The summed E-state index contributed by atoms with van der Waals surface area (Å²) in [6.45, 7) is 12.2. The number of ether oxygens (including phenoxy) is 2. The van der Waals surface area contributed by atoms with Gasteiger partial charge < -0.3 is 60.4 Å². The van der Waals surface area contributed by atoms with Crippen LogP contribution in [-0.2, 0) is 30.4 Å². The van der Waals surface area contributed by atoms with E-state index in [1.54, 1.807) is 82.3 Å². The van der Waals surface area contributed by atoms with Gasteiger partial charge in [0, 0.05) is 50.9 Å². The Morgan fingerprint density at radius 1 is 0.396 bits per heavy atom. The number of fused-ring (bicyclic) bond motifs is 3. The first kappa shape index (κ1) is 86.4. The first-order chi connectivity index (χ1) is 52.6. The number of aromatic amines is 1. The number of carbonyl (C=O) groups excluding carboxylic acids is 1. The fraction of sp³-hybridized carbons (Fsp3) is 0.149. The number of halogens is 4. The van der Waals surface area contributed by atoms with E-state index in [4.69, 9.17) is 57.2 Å². The summed E-state index contributed by atoms with van der Waals surface area (Å²) in [5, 5.41) is 82.7. The maximum absolute atomic E-state index is 14.0. The quantitative estimate of drug-likeness (QED) is 0.0282. The van der Waals surface area contributed by atoms with Gasteiger partial charge in [0.2, 0.25) is 0 Å². The molecule has 11 aromatic carbocycles. The molecular formula is C87H79ClF3NO19. The zero-order valence-electron chi connectivity index (χ0n) is 60.9. The smallest absolute Gasteiger partial charge is 0.339 e. The topological polar surface area (TPSA) is 353 Å². The van der Waals surface area contributed by atoms with Crippen molar-refractivity contribution in [3.63, 3.8) is 0 Å². The number of carboxylic acid groups (broad SMARTS) is 7. The molecule has 12 rings (SSSR count). The van der Waals surface area contributed by atoms with Crippen LogP contribution in [0.3, 0.4) is 0 Å². The minimum atomic E-state index is -1.32. The van der Waals surface area contributed by atoms with Gasteiger partial charge in [0.15, 0.2) is 0 Å². The highest BCUT2D eigenvalue weighted by molar-refractivity contribution is 6.31. The van der Waals surface area contributed by atoms with Gasteiger partial charge in [-0.1, -0.05) is 165 Å². The average molecular weight is 1540 g/mol. The molecule has 574 valence electrons. The number of hydrogen-bond acceptors (Lipinski definition) is 12. The Labute approximate surface area is 641 Å². The Kier molecular flexibility index (Phi) is 32.3. The summed E-state index contributed by atoms with van der Waals surface area (Å²) < 4.78 is 50.6. The number of esters is 1. The third kappa shape index (κ3) is 26.1. The van der Waals surface area contributed by atoms with E-state index in [-0.39, 0.29) is 39.3 Å². The molecule has 10 N–H and O–H groups in total. The fourth-order valence-corrected chi connectivity index (χ4v) is 10.6. The molecule has 4 atom stereocenters. The molecule has 1 aromatic heterocycles. The van der Waals surface area contributed by atoms with Crippen LogP contribution in [0.4, 0.5) is 13.2 Å². The van der Waals surface area contributed by atoms with Gasteiger partial charge in [-0.05, 0) is 182 Å². The zero-order chi connectivity index (χ0) is 81.8. The summed E-state index contributed by atoms with van der Waals surface area (Å²) in [7, 11) is 0. The van der Waals surface area contributed by atoms with E-state index in [1.165, 1.54) is 55.0 Å². The second-order valence-corrected chi connectivity index (χ2v) is 25.6. The molecule has 0 spiro atoms. The summed E-state index contributed by atoms with van der Waals surface area (Å²) >= 11 is 6.01. The summed E-state index contributed by atoms with van der Waals surface area (Å²) in [6.07, 6.45) is 1.04. The van der Waals surface area contributed by atoms with Crippen LogP contribution in [0.5, 0.6) is 28.7 Å². The van der Waals surface area contributed by atoms with Gasteiger partial charge in [-0.25, -0.2) is 27.6 Å². The van der Waals surface area contributed by atoms with Crippen molar-refractivity contribution < 1.29 is 107 Å². The summed E-state index contributed by atoms with van der Waals surface area (Å²) in [4.78, 5) is 89.1. The lowest BCUT2D eigenvalue weighted by molar-refractivity contribution is -0.139. The second kappa shape index (κ2) is 41.5. The maximum Gasteiger partial charge on any atom is 0.339 e. The van der Waals surface area contributed by atoms with Crippen molar-refractivity contribution in [2.75, 3.05) is 0 Å². The molecule has 0 saturated carbocycles.